The van der Waals surface area contributed by atoms with Crippen LogP contribution in [0.15, 0.2) is 48.5 Å². The van der Waals surface area contributed by atoms with Crippen molar-refractivity contribution in [2.24, 2.45) is 5.92 Å². The van der Waals surface area contributed by atoms with Crippen LogP contribution in [0.25, 0.3) is 11.1 Å². The molecule has 2 atom stereocenters. The third-order valence-corrected chi connectivity index (χ3v) is 7.89. The Morgan fingerprint density at radius 2 is 1.69 bits per heavy atom. The van der Waals surface area contributed by atoms with Crippen molar-refractivity contribution in [3.8, 4) is 11.1 Å². The van der Waals surface area contributed by atoms with E-state index in [1.165, 1.54) is 16.0 Å². The molecule has 3 aliphatic rings. The number of ether oxygens (including phenoxy) is 1. The summed E-state index contributed by atoms with van der Waals surface area (Å²) < 4.78 is 5.69. The minimum Gasteiger partial charge on any atom is -0.480 e. The Balaban J connectivity index is 1.23. The number of aliphatic carboxylic acids is 1. The lowest BCUT2D eigenvalue weighted by Crippen LogP contribution is -2.58. The third kappa shape index (κ3) is 4.51. The second-order valence-electron chi connectivity index (χ2n) is 10.2. The van der Waals surface area contributed by atoms with E-state index in [2.05, 4.69) is 29.6 Å². The summed E-state index contributed by atoms with van der Waals surface area (Å²) in [6, 6.07) is 16.0. The van der Waals surface area contributed by atoms with Crippen molar-refractivity contribution in [3.05, 3.63) is 59.7 Å². The number of benzene rings is 2. The summed E-state index contributed by atoms with van der Waals surface area (Å²) in [7, 11) is 0. The normalized spacial score (nSPS) is 22.1. The Morgan fingerprint density at radius 3 is 2.29 bits per heavy atom. The van der Waals surface area contributed by atoms with Crippen LogP contribution in [0.2, 0.25) is 0 Å². The molecule has 7 nitrogen and oxygen atoms in total. The quantitative estimate of drug-likeness (QED) is 0.611. The molecule has 1 saturated carbocycles. The van der Waals surface area contributed by atoms with E-state index < -0.39 is 17.6 Å². The summed E-state index contributed by atoms with van der Waals surface area (Å²) >= 11 is 0. The molecule has 184 valence electrons. The molecule has 2 amide bonds. The average molecular weight is 477 g/mol. The number of carboxylic acids is 1. The molecule has 0 radical (unpaired) electrons. The molecule has 7 heteroatoms. The van der Waals surface area contributed by atoms with Gasteiger partial charge in [-0.3, -0.25) is 4.79 Å². The molecule has 1 aliphatic heterocycles. The van der Waals surface area contributed by atoms with Crippen LogP contribution >= 0.6 is 0 Å². The van der Waals surface area contributed by atoms with E-state index in [-0.39, 0.29) is 36.8 Å². The van der Waals surface area contributed by atoms with Gasteiger partial charge in [0.2, 0.25) is 5.91 Å². The lowest BCUT2D eigenvalue weighted by Gasteiger charge is -2.42. The fourth-order valence-corrected chi connectivity index (χ4v) is 5.67. The Bertz CT molecular complexity index is 1100. The number of alkyl carbamates (subject to hydrolysis) is 1. The van der Waals surface area contributed by atoms with Crippen LogP contribution in [0.5, 0.6) is 0 Å². The summed E-state index contributed by atoms with van der Waals surface area (Å²) in [5, 5.41) is 12.7. The first kappa shape index (κ1) is 23.4. The molecular formula is C28H32N2O5. The molecule has 0 aromatic heterocycles. The number of rotatable bonds is 7. The second-order valence-corrected chi connectivity index (χ2v) is 10.2. The highest BCUT2D eigenvalue weighted by molar-refractivity contribution is 5.87. The van der Waals surface area contributed by atoms with E-state index in [1.54, 1.807) is 6.92 Å². The third-order valence-electron chi connectivity index (χ3n) is 7.89. The predicted molar refractivity (Wildman–Crippen MR) is 131 cm³/mol. The molecule has 0 bridgehead atoms. The summed E-state index contributed by atoms with van der Waals surface area (Å²) in [4.78, 5) is 39.4. The zero-order valence-corrected chi connectivity index (χ0v) is 20.0. The van der Waals surface area contributed by atoms with Gasteiger partial charge in [-0.15, -0.1) is 0 Å². The van der Waals surface area contributed by atoms with Crippen molar-refractivity contribution in [3.63, 3.8) is 0 Å². The summed E-state index contributed by atoms with van der Waals surface area (Å²) in [5.41, 5.74) is 3.44. The van der Waals surface area contributed by atoms with Gasteiger partial charge in [0.1, 0.15) is 12.1 Å². The highest BCUT2D eigenvalue weighted by atomic mass is 16.5. The predicted octanol–water partition coefficient (Wildman–Crippen LogP) is 4.55. The van der Waals surface area contributed by atoms with Crippen molar-refractivity contribution in [1.82, 2.24) is 10.2 Å². The van der Waals surface area contributed by atoms with Crippen molar-refractivity contribution >= 4 is 18.0 Å². The number of carboxylic acid groups (broad SMARTS) is 1. The number of likely N-dealkylation sites (tertiary alicyclic amines) is 1. The van der Waals surface area contributed by atoms with Gasteiger partial charge >= 0.3 is 12.1 Å². The topological polar surface area (TPSA) is 95.9 Å². The maximum Gasteiger partial charge on any atom is 0.407 e. The number of carbonyl (C=O) groups excluding carboxylic acids is 2. The fraction of sp³-hybridized carbons (Fsp3) is 0.464. The maximum atomic E-state index is 13.2. The van der Waals surface area contributed by atoms with Crippen molar-refractivity contribution in [2.75, 3.05) is 13.2 Å². The van der Waals surface area contributed by atoms with Gasteiger partial charge in [-0.25, -0.2) is 9.59 Å². The Hall–Kier alpha value is -3.35. The van der Waals surface area contributed by atoms with Gasteiger partial charge in [0, 0.05) is 24.9 Å². The summed E-state index contributed by atoms with van der Waals surface area (Å²) in [5.74, 6) is -0.998. The maximum absolute atomic E-state index is 13.2. The minimum absolute atomic E-state index is 0.0289. The van der Waals surface area contributed by atoms with E-state index in [4.69, 9.17) is 4.74 Å². The number of amides is 2. The second kappa shape index (κ2) is 9.36. The van der Waals surface area contributed by atoms with Crippen LogP contribution in [-0.4, -0.2) is 52.7 Å². The highest BCUT2D eigenvalue weighted by Gasteiger charge is 2.45. The standard InChI is InChI=1S/C28H32N2O5/c1-28(26(32)33)14-6-7-15-30(28)25(31)16-24(18-12-13-18)29-27(34)35-17-23-21-10-4-2-8-19(21)20-9-3-5-11-22(20)23/h2-5,8-11,18,23-24H,6-7,12-17H2,1H3,(H,29,34)(H,32,33). The van der Waals surface area contributed by atoms with Crippen LogP contribution < -0.4 is 5.32 Å². The zero-order chi connectivity index (χ0) is 24.6. The highest BCUT2D eigenvalue weighted by Crippen LogP contribution is 2.44. The van der Waals surface area contributed by atoms with Gasteiger partial charge in [-0.1, -0.05) is 48.5 Å². The largest absolute Gasteiger partial charge is 0.480 e. The van der Waals surface area contributed by atoms with Gasteiger partial charge in [0.15, 0.2) is 0 Å². The van der Waals surface area contributed by atoms with Crippen LogP contribution in [0, 0.1) is 5.92 Å². The molecule has 1 saturated heterocycles. The molecule has 2 aromatic rings. The first-order valence-electron chi connectivity index (χ1n) is 12.5. The van der Waals surface area contributed by atoms with Gasteiger partial charge in [-0.2, -0.15) is 0 Å². The molecule has 0 spiro atoms. The summed E-state index contributed by atoms with van der Waals surface area (Å²) in [6.07, 6.45) is 3.48. The SMILES string of the molecule is CC1(C(=O)O)CCCCN1C(=O)CC(NC(=O)OCC1c2ccccc2-c2ccccc21)C1CC1. The molecular weight excluding hydrogens is 444 g/mol. The number of hydrogen-bond acceptors (Lipinski definition) is 4. The minimum atomic E-state index is -1.19. The van der Waals surface area contributed by atoms with Crippen LogP contribution in [-0.2, 0) is 14.3 Å². The van der Waals surface area contributed by atoms with E-state index in [0.717, 1.165) is 36.8 Å². The lowest BCUT2D eigenvalue weighted by atomic mass is 9.87. The first-order chi connectivity index (χ1) is 16.9. The monoisotopic (exact) mass is 476 g/mol. The fourth-order valence-electron chi connectivity index (χ4n) is 5.67. The zero-order valence-electron chi connectivity index (χ0n) is 20.0. The van der Waals surface area contributed by atoms with Crippen LogP contribution in [0.4, 0.5) is 4.79 Å². The van der Waals surface area contributed by atoms with E-state index in [1.807, 2.05) is 24.3 Å². The van der Waals surface area contributed by atoms with Gasteiger partial charge in [0.25, 0.3) is 0 Å². The van der Waals surface area contributed by atoms with Crippen LogP contribution in [0.1, 0.15) is 62.5 Å². The lowest BCUT2D eigenvalue weighted by molar-refractivity contribution is -0.161. The molecule has 2 N–H and O–H groups in total. The van der Waals surface area contributed by atoms with Crippen molar-refractivity contribution in [2.45, 2.75) is 62.9 Å². The smallest absolute Gasteiger partial charge is 0.407 e. The van der Waals surface area contributed by atoms with E-state index in [9.17, 15) is 19.5 Å². The first-order valence-corrected chi connectivity index (χ1v) is 12.5. The Morgan fingerprint density at radius 1 is 1.06 bits per heavy atom. The number of carbonyl (C=O) groups is 3. The number of nitrogens with zero attached hydrogens (tertiary/aromatic N) is 1. The molecule has 2 aliphatic carbocycles. The van der Waals surface area contributed by atoms with Gasteiger partial charge in [-0.05, 0) is 67.2 Å². The summed E-state index contributed by atoms with van der Waals surface area (Å²) in [6.45, 7) is 2.27. The molecule has 5 rings (SSSR count). The number of nitrogens with one attached hydrogen (secondary N) is 1. The van der Waals surface area contributed by atoms with E-state index >= 15 is 0 Å². The van der Waals surface area contributed by atoms with E-state index in [0.29, 0.717) is 13.0 Å². The molecule has 2 aromatic carbocycles. The van der Waals surface area contributed by atoms with Crippen molar-refractivity contribution in [1.29, 1.82) is 0 Å². The molecule has 2 unspecified atom stereocenters. The molecule has 1 heterocycles. The Labute approximate surface area is 205 Å². The number of hydrogen-bond donors (Lipinski definition) is 2. The van der Waals surface area contributed by atoms with Crippen LogP contribution in [0.3, 0.4) is 0 Å². The Kier molecular flexibility index (Phi) is 6.26. The number of fused-ring (bicyclic) bond motifs is 3. The van der Waals surface area contributed by atoms with Gasteiger partial charge in [0.05, 0.1) is 0 Å². The van der Waals surface area contributed by atoms with Crippen molar-refractivity contribution < 1.29 is 24.2 Å². The molecule has 2 fully saturated rings. The average Bonchev–Trinajstić information content (AvgIpc) is 3.65. The molecule has 35 heavy (non-hydrogen) atoms. The van der Waals surface area contributed by atoms with Gasteiger partial charge < -0.3 is 20.1 Å². The number of piperidine rings is 1.